The number of carboxylic acid groups (broad SMARTS) is 1. The Balaban J connectivity index is 1.99. The molecule has 0 atom stereocenters. The Morgan fingerprint density at radius 3 is 2.76 bits per heavy atom. The third-order valence-corrected chi connectivity index (χ3v) is 2.82. The molecule has 1 aromatic carbocycles. The summed E-state index contributed by atoms with van der Waals surface area (Å²) in [5, 5.41) is 17.9. The molecule has 2 aromatic rings. The zero-order valence-electron chi connectivity index (χ0n) is 8.83. The Bertz CT molecular complexity index is 498. The fourth-order valence-corrected chi connectivity index (χ4v) is 1.79. The smallest absolute Gasteiger partial charge is 0.247 e. The van der Waals surface area contributed by atoms with Crippen molar-refractivity contribution in [2.24, 2.45) is 0 Å². The summed E-state index contributed by atoms with van der Waals surface area (Å²) in [5.41, 5.74) is 0.844. The first-order chi connectivity index (χ1) is 8.25. The molecule has 0 saturated heterocycles. The van der Waals surface area contributed by atoms with Crippen molar-refractivity contribution in [3.8, 4) is 11.5 Å². The molecule has 0 aliphatic heterocycles. The summed E-state index contributed by atoms with van der Waals surface area (Å²) < 4.78 is 5.40. The molecule has 6 heteroatoms. The van der Waals surface area contributed by atoms with Gasteiger partial charge in [-0.1, -0.05) is 18.2 Å². The number of carbonyl (C=O) groups excluding carboxylic acids is 1. The monoisotopic (exact) mass is 249 g/mol. The average Bonchev–Trinajstić information content (AvgIpc) is 2.78. The van der Waals surface area contributed by atoms with Gasteiger partial charge in [0.25, 0.3) is 0 Å². The SMILES string of the molecule is O=C([O-])CSCc1nnc(-c2ccccc2)o1. The van der Waals surface area contributed by atoms with Crippen molar-refractivity contribution in [2.45, 2.75) is 5.75 Å². The van der Waals surface area contributed by atoms with Crippen molar-refractivity contribution in [1.82, 2.24) is 10.2 Å². The molecule has 0 bridgehead atoms. The second-order valence-corrected chi connectivity index (χ2v) is 4.22. The number of aliphatic carboxylic acids is 1. The number of carbonyl (C=O) groups is 1. The van der Waals surface area contributed by atoms with E-state index in [1.165, 1.54) is 0 Å². The highest BCUT2D eigenvalue weighted by atomic mass is 32.2. The fraction of sp³-hybridized carbons (Fsp3) is 0.182. The van der Waals surface area contributed by atoms with Crippen LogP contribution in [0.15, 0.2) is 34.7 Å². The van der Waals surface area contributed by atoms with Gasteiger partial charge in [-0.05, 0) is 12.1 Å². The van der Waals surface area contributed by atoms with Gasteiger partial charge in [0.1, 0.15) is 0 Å². The second kappa shape index (κ2) is 5.49. The molecular weight excluding hydrogens is 240 g/mol. The summed E-state index contributed by atoms with van der Waals surface area (Å²) >= 11 is 1.16. The van der Waals surface area contributed by atoms with Gasteiger partial charge in [-0.3, -0.25) is 0 Å². The van der Waals surface area contributed by atoms with Crippen LogP contribution in [0.5, 0.6) is 0 Å². The van der Waals surface area contributed by atoms with Gasteiger partial charge in [0.05, 0.1) is 11.7 Å². The lowest BCUT2D eigenvalue weighted by molar-refractivity contribution is -0.301. The molecule has 1 heterocycles. The molecule has 0 unspecified atom stereocenters. The maximum absolute atomic E-state index is 10.2. The third kappa shape index (κ3) is 3.32. The number of thioether (sulfide) groups is 1. The van der Waals surface area contributed by atoms with Gasteiger partial charge in [0, 0.05) is 11.3 Å². The minimum absolute atomic E-state index is 0.0803. The van der Waals surface area contributed by atoms with Crippen LogP contribution in [-0.2, 0) is 10.5 Å². The van der Waals surface area contributed by atoms with E-state index >= 15 is 0 Å². The standard InChI is InChI=1S/C11H10N2O3S/c14-10(15)7-17-6-9-12-13-11(16-9)8-4-2-1-3-5-8/h1-5H,6-7H2,(H,14,15)/p-1. The normalized spacial score (nSPS) is 10.4. The van der Waals surface area contributed by atoms with Crippen molar-refractivity contribution < 1.29 is 14.3 Å². The Kier molecular flexibility index (Phi) is 3.77. The van der Waals surface area contributed by atoms with Crippen molar-refractivity contribution in [2.75, 3.05) is 5.75 Å². The molecule has 0 aliphatic rings. The number of nitrogens with zero attached hydrogens (tertiary/aromatic N) is 2. The highest BCUT2D eigenvalue weighted by Crippen LogP contribution is 2.19. The van der Waals surface area contributed by atoms with Gasteiger partial charge < -0.3 is 14.3 Å². The van der Waals surface area contributed by atoms with Gasteiger partial charge in [0.2, 0.25) is 11.8 Å². The van der Waals surface area contributed by atoms with Gasteiger partial charge in [-0.2, -0.15) is 0 Å². The summed E-state index contributed by atoms with van der Waals surface area (Å²) in [6.07, 6.45) is 0. The highest BCUT2D eigenvalue weighted by Gasteiger charge is 2.07. The summed E-state index contributed by atoms with van der Waals surface area (Å²) in [4.78, 5) is 10.2. The number of hydrogen-bond acceptors (Lipinski definition) is 6. The van der Waals surface area contributed by atoms with Crippen LogP contribution in [0.1, 0.15) is 5.89 Å². The third-order valence-electron chi connectivity index (χ3n) is 1.93. The van der Waals surface area contributed by atoms with Gasteiger partial charge in [0.15, 0.2) is 0 Å². The zero-order chi connectivity index (χ0) is 12.1. The Morgan fingerprint density at radius 1 is 1.29 bits per heavy atom. The van der Waals surface area contributed by atoms with Crippen molar-refractivity contribution >= 4 is 17.7 Å². The summed E-state index contributed by atoms with van der Waals surface area (Å²) in [7, 11) is 0. The van der Waals surface area contributed by atoms with E-state index in [1.807, 2.05) is 30.3 Å². The predicted molar refractivity (Wildman–Crippen MR) is 60.9 cm³/mol. The topological polar surface area (TPSA) is 79.0 Å². The molecule has 0 spiro atoms. The van der Waals surface area contributed by atoms with E-state index in [0.29, 0.717) is 17.5 Å². The summed E-state index contributed by atoms with van der Waals surface area (Å²) in [6, 6.07) is 9.39. The lowest BCUT2D eigenvalue weighted by Gasteiger charge is -1.98. The van der Waals surface area contributed by atoms with Crippen LogP contribution in [-0.4, -0.2) is 21.9 Å². The quantitative estimate of drug-likeness (QED) is 0.776. The highest BCUT2D eigenvalue weighted by molar-refractivity contribution is 7.99. The van der Waals surface area contributed by atoms with Gasteiger partial charge in [-0.15, -0.1) is 22.0 Å². The van der Waals surface area contributed by atoms with Crippen molar-refractivity contribution in [3.63, 3.8) is 0 Å². The molecule has 2 rings (SSSR count). The minimum atomic E-state index is -1.10. The lowest BCUT2D eigenvalue weighted by atomic mass is 10.2. The molecule has 0 aliphatic carbocycles. The maximum atomic E-state index is 10.2. The maximum Gasteiger partial charge on any atom is 0.247 e. The molecule has 0 fully saturated rings. The van der Waals surface area contributed by atoms with Gasteiger partial charge in [-0.25, -0.2) is 0 Å². The predicted octanol–water partition coefficient (Wildman–Crippen LogP) is 0.720. The minimum Gasteiger partial charge on any atom is -0.549 e. The molecular formula is C11H9N2O3S-. The lowest BCUT2D eigenvalue weighted by Crippen LogP contribution is -2.24. The van der Waals surface area contributed by atoms with E-state index in [-0.39, 0.29) is 5.75 Å². The molecule has 0 N–H and O–H groups in total. The van der Waals surface area contributed by atoms with E-state index in [2.05, 4.69) is 10.2 Å². The Morgan fingerprint density at radius 2 is 2.06 bits per heavy atom. The van der Waals surface area contributed by atoms with Crippen LogP contribution in [0.25, 0.3) is 11.5 Å². The van der Waals surface area contributed by atoms with Crippen LogP contribution in [0.4, 0.5) is 0 Å². The van der Waals surface area contributed by atoms with Crippen molar-refractivity contribution in [1.29, 1.82) is 0 Å². The van der Waals surface area contributed by atoms with Crippen LogP contribution in [0.2, 0.25) is 0 Å². The van der Waals surface area contributed by atoms with E-state index < -0.39 is 5.97 Å². The van der Waals surface area contributed by atoms with E-state index in [0.717, 1.165) is 17.3 Å². The Labute approximate surface area is 102 Å². The number of aromatic nitrogens is 2. The molecule has 0 amide bonds. The molecule has 0 radical (unpaired) electrons. The van der Waals surface area contributed by atoms with E-state index in [4.69, 9.17) is 4.42 Å². The number of carboxylic acids is 1. The molecule has 17 heavy (non-hydrogen) atoms. The number of rotatable bonds is 5. The summed E-state index contributed by atoms with van der Waals surface area (Å²) in [5.74, 6) is 0.0409. The van der Waals surface area contributed by atoms with E-state index in [9.17, 15) is 9.90 Å². The summed E-state index contributed by atoms with van der Waals surface area (Å²) in [6.45, 7) is 0. The van der Waals surface area contributed by atoms with E-state index in [1.54, 1.807) is 0 Å². The zero-order valence-corrected chi connectivity index (χ0v) is 9.64. The van der Waals surface area contributed by atoms with Crippen LogP contribution in [0, 0.1) is 0 Å². The Hall–Kier alpha value is -1.82. The fourth-order valence-electron chi connectivity index (χ4n) is 1.23. The van der Waals surface area contributed by atoms with Crippen LogP contribution in [0.3, 0.4) is 0 Å². The molecule has 5 nitrogen and oxygen atoms in total. The first kappa shape index (κ1) is 11.7. The number of hydrogen-bond donors (Lipinski definition) is 0. The first-order valence-electron chi connectivity index (χ1n) is 4.91. The largest absolute Gasteiger partial charge is 0.549 e. The number of benzene rings is 1. The van der Waals surface area contributed by atoms with Gasteiger partial charge >= 0.3 is 0 Å². The second-order valence-electron chi connectivity index (χ2n) is 3.23. The molecule has 88 valence electrons. The molecule has 0 saturated carbocycles. The van der Waals surface area contributed by atoms with Crippen molar-refractivity contribution in [3.05, 3.63) is 36.2 Å². The van der Waals surface area contributed by atoms with Crippen LogP contribution >= 0.6 is 11.8 Å². The molecule has 1 aromatic heterocycles. The first-order valence-corrected chi connectivity index (χ1v) is 6.06. The average molecular weight is 249 g/mol. The van der Waals surface area contributed by atoms with Crippen LogP contribution < -0.4 is 5.11 Å².